The van der Waals surface area contributed by atoms with Crippen LogP contribution >= 0.6 is 12.6 Å². The molecule has 0 radical (unpaired) electrons. The van der Waals surface area contributed by atoms with Gasteiger partial charge >= 0.3 is 6.09 Å². The molecule has 2 rings (SSSR count). The first-order valence-electron chi connectivity index (χ1n) is 10.7. The van der Waals surface area contributed by atoms with Crippen molar-refractivity contribution in [2.24, 2.45) is 0 Å². The highest BCUT2D eigenvalue weighted by molar-refractivity contribution is 7.80. The largest absolute Gasteiger partial charge is 0.444 e. The second kappa shape index (κ2) is 11.2. The number of hydrogen-bond acceptors (Lipinski definition) is 5. The monoisotopic (exact) mass is 471 g/mol. The number of hydrogen-bond donors (Lipinski definition) is 3. The summed E-state index contributed by atoms with van der Waals surface area (Å²) in [5, 5.41) is 5.53. The number of carbonyl (C=O) groups excluding carboxylic acids is 3. The van der Waals surface area contributed by atoms with E-state index >= 15 is 0 Å². The van der Waals surface area contributed by atoms with Gasteiger partial charge in [0.2, 0.25) is 5.91 Å². The topological polar surface area (TPSA) is 87.7 Å². The fourth-order valence-corrected chi connectivity index (χ4v) is 3.65. The van der Waals surface area contributed by atoms with Gasteiger partial charge in [-0.15, -0.1) is 0 Å². The molecule has 8 heteroatoms. The Morgan fingerprint density at radius 3 is 2.09 bits per heavy atom. The fourth-order valence-electron chi connectivity index (χ4n) is 3.40. The average molecular weight is 472 g/mol. The smallest absolute Gasteiger partial charge is 0.408 e. The van der Waals surface area contributed by atoms with Crippen LogP contribution in [0.15, 0.2) is 48.5 Å². The Hall–Kier alpha value is -3.00. The zero-order valence-electron chi connectivity index (χ0n) is 20.0. The van der Waals surface area contributed by atoms with Crippen LogP contribution in [0.3, 0.4) is 0 Å². The number of anilines is 1. The van der Waals surface area contributed by atoms with Gasteiger partial charge in [-0.25, -0.2) is 4.79 Å². The van der Waals surface area contributed by atoms with E-state index in [2.05, 4.69) is 23.3 Å². The summed E-state index contributed by atoms with van der Waals surface area (Å²) in [5.41, 5.74) is 2.49. The number of thiol groups is 1. The highest BCUT2D eigenvalue weighted by atomic mass is 32.1. The van der Waals surface area contributed by atoms with Crippen molar-refractivity contribution in [2.45, 2.75) is 52.3 Å². The Morgan fingerprint density at radius 1 is 1.00 bits per heavy atom. The molecule has 0 heterocycles. The zero-order chi connectivity index (χ0) is 24.8. The molecule has 0 aliphatic rings. The van der Waals surface area contributed by atoms with Gasteiger partial charge in [0.25, 0.3) is 5.91 Å². The maximum Gasteiger partial charge on any atom is 0.408 e. The summed E-state index contributed by atoms with van der Waals surface area (Å²) < 4.78 is 5.26. The molecule has 0 bridgehead atoms. The lowest BCUT2D eigenvalue weighted by Crippen LogP contribution is -2.52. The summed E-state index contributed by atoms with van der Waals surface area (Å²) in [7, 11) is 1.54. The molecular formula is C25H33N3O4S. The lowest BCUT2D eigenvalue weighted by Gasteiger charge is -2.31. The molecule has 2 aromatic carbocycles. The van der Waals surface area contributed by atoms with Crippen molar-refractivity contribution in [3.8, 4) is 0 Å². The van der Waals surface area contributed by atoms with Crippen LogP contribution in [0, 0.1) is 13.8 Å². The Labute approximate surface area is 201 Å². The summed E-state index contributed by atoms with van der Waals surface area (Å²) >= 11 is 4.23. The molecule has 0 aliphatic carbocycles. The normalized spacial score (nSPS) is 12.9. The van der Waals surface area contributed by atoms with Gasteiger partial charge in [0.15, 0.2) is 0 Å². The van der Waals surface area contributed by atoms with Crippen LogP contribution in [0.2, 0.25) is 0 Å². The predicted molar refractivity (Wildman–Crippen MR) is 134 cm³/mol. The molecule has 2 unspecified atom stereocenters. The Morgan fingerprint density at radius 2 is 1.58 bits per heavy atom. The molecular weight excluding hydrogens is 438 g/mol. The number of carbonyl (C=O) groups is 3. The molecule has 3 amide bonds. The lowest BCUT2D eigenvalue weighted by atomic mass is 10.0. The van der Waals surface area contributed by atoms with Crippen molar-refractivity contribution >= 4 is 36.2 Å². The van der Waals surface area contributed by atoms with Crippen LogP contribution in [0.1, 0.15) is 43.5 Å². The second-order valence-corrected chi connectivity index (χ2v) is 9.26. The van der Waals surface area contributed by atoms with Crippen LogP contribution in [0.4, 0.5) is 10.5 Å². The van der Waals surface area contributed by atoms with Crippen LogP contribution in [0.25, 0.3) is 0 Å². The molecule has 2 N–H and O–H groups in total. The molecule has 0 saturated carbocycles. The summed E-state index contributed by atoms with van der Waals surface area (Å²) in [6.45, 7) is 9.03. The molecule has 0 aromatic heterocycles. The molecule has 2 aromatic rings. The number of ether oxygens (including phenoxy) is 1. The van der Waals surface area contributed by atoms with Crippen molar-refractivity contribution in [2.75, 3.05) is 18.1 Å². The van der Waals surface area contributed by atoms with Gasteiger partial charge in [-0.1, -0.05) is 48.5 Å². The number of nitrogens with one attached hydrogen (secondary N) is 2. The fraction of sp³-hybridized carbons (Fsp3) is 0.400. The first kappa shape index (κ1) is 26.3. The van der Waals surface area contributed by atoms with Crippen LogP contribution in [0.5, 0.6) is 0 Å². The van der Waals surface area contributed by atoms with E-state index in [-0.39, 0.29) is 11.7 Å². The minimum Gasteiger partial charge on any atom is -0.444 e. The van der Waals surface area contributed by atoms with Gasteiger partial charge in [-0.3, -0.25) is 9.59 Å². The van der Waals surface area contributed by atoms with E-state index < -0.39 is 29.7 Å². The number of alkyl carbamates (subject to hydrolysis) is 1. The Balaban J connectivity index is 2.32. The van der Waals surface area contributed by atoms with E-state index in [0.29, 0.717) is 11.3 Å². The van der Waals surface area contributed by atoms with Gasteiger partial charge in [0, 0.05) is 18.5 Å². The average Bonchev–Trinajstić information content (AvgIpc) is 2.74. The summed E-state index contributed by atoms with van der Waals surface area (Å²) in [4.78, 5) is 40.3. The van der Waals surface area contributed by atoms with Crippen molar-refractivity contribution in [3.63, 3.8) is 0 Å². The maximum atomic E-state index is 13.4. The number of amides is 3. The highest BCUT2D eigenvalue weighted by Crippen LogP contribution is 2.26. The lowest BCUT2D eigenvalue weighted by molar-refractivity contribution is -0.138. The van der Waals surface area contributed by atoms with Gasteiger partial charge in [0.05, 0.1) is 0 Å². The third-order valence-corrected chi connectivity index (χ3v) is 5.36. The standard InChI is InChI=1S/C25H33N3O4S/c1-16-11-10-12-17(2)20(16)27-22(29)21(18-13-8-7-9-14-18)28(6)23(30)19(15-33)26-24(31)32-25(3,4)5/h7-14,19,21,33H,15H2,1-6H3,(H,26,31)(H,27,29). The number of rotatable bonds is 7. The summed E-state index contributed by atoms with van der Waals surface area (Å²) in [5.74, 6) is -0.770. The Kier molecular flexibility index (Phi) is 8.93. The maximum absolute atomic E-state index is 13.4. The van der Waals surface area contributed by atoms with Crippen LogP contribution < -0.4 is 10.6 Å². The number of benzene rings is 2. The molecule has 2 atom stereocenters. The number of para-hydroxylation sites is 1. The van der Waals surface area contributed by atoms with Crippen molar-refractivity contribution < 1.29 is 19.1 Å². The van der Waals surface area contributed by atoms with E-state index in [4.69, 9.17) is 4.74 Å². The first-order valence-corrected chi connectivity index (χ1v) is 11.4. The minimum atomic E-state index is -0.965. The van der Waals surface area contributed by atoms with Crippen LogP contribution in [-0.4, -0.2) is 47.3 Å². The van der Waals surface area contributed by atoms with Gasteiger partial charge < -0.3 is 20.3 Å². The van der Waals surface area contributed by atoms with Crippen molar-refractivity contribution in [1.29, 1.82) is 0 Å². The van der Waals surface area contributed by atoms with Gasteiger partial charge in [-0.05, 0) is 51.3 Å². The van der Waals surface area contributed by atoms with Crippen LogP contribution in [-0.2, 0) is 14.3 Å². The number of likely N-dealkylation sites (N-methyl/N-ethyl adjacent to an activating group) is 1. The first-order chi connectivity index (χ1) is 15.4. The van der Waals surface area contributed by atoms with E-state index in [1.165, 1.54) is 11.9 Å². The molecule has 0 aliphatic heterocycles. The minimum absolute atomic E-state index is 0.0441. The van der Waals surface area contributed by atoms with Gasteiger partial charge in [0.1, 0.15) is 17.7 Å². The SMILES string of the molecule is Cc1cccc(C)c1NC(=O)C(c1ccccc1)N(C)C(=O)C(CS)NC(=O)OC(C)(C)C. The second-order valence-electron chi connectivity index (χ2n) is 8.90. The van der Waals surface area contributed by atoms with E-state index in [0.717, 1.165) is 11.1 Å². The van der Waals surface area contributed by atoms with Gasteiger partial charge in [-0.2, -0.15) is 12.6 Å². The summed E-state index contributed by atoms with van der Waals surface area (Å²) in [6.07, 6.45) is -0.723. The third kappa shape index (κ3) is 7.25. The van der Waals surface area contributed by atoms with Crippen molar-refractivity contribution in [3.05, 3.63) is 65.2 Å². The molecule has 7 nitrogen and oxygen atoms in total. The molecule has 0 saturated heterocycles. The predicted octanol–water partition coefficient (Wildman–Crippen LogP) is 4.26. The quantitative estimate of drug-likeness (QED) is 0.527. The molecule has 0 fully saturated rings. The van der Waals surface area contributed by atoms with E-state index in [1.807, 2.05) is 50.2 Å². The molecule has 0 spiro atoms. The molecule has 178 valence electrons. The zero-order valence-corrected chi connectivity index (χ0v) is 20.9. The number of aryl methyl sites for hydroxylation is 2. The Bertz CT molecular complexity index is 969. The van der Waals surface area contributed by atoms with Crippen molar-refractivity contribution in [1.82, 2.24) is 10.2 Å². The third-order valence-electron chi connectivity index (χ3n) is 5.00. The number of nitrogens with zero attached hydrogens (tertiary/aromatic N) is 1. The summed E-state index contributed by atoms with van der Waals surface area (Å²) in [6, 6.07) is 12.9. The highest BCUT2D eigenvalue weighted by Gasteiger charge is 2.33. The van der Waals surface area contributed by atoms with E-state index in [1.54, 1.807) is 32.9 Å². The van der Waals surface area contributed by atoms with E-state index in [9.17, 15) is 14.4 Å². The molecule has 33 heavy (non-hydrogen) atoms.